The lowest BCUT2D eigenvalue weighted by molar-refractivity contribution is -0.136. The molecule has 0 spiro atoms. The molecule has 0 saturated carbocycles. The van der Waals surface area contributed by atoms with Crippen LogP contribution in [0.15, 0.2) is 24.3 Å². The number of nitrogens with one attached hydrogen (secondary N) is 1. The van der Waals surface area contributed by atoms with Crippen LogP contribution in [0.4, 0.5) is 5.69 Å². The average Bonchev–Trinajstić information content (AvgIpc) is 2.39. The van der Waals surface area contributed by atoms with Crippen LogP contribution in [0.1, 0.15) is 25.3 Å². The van der Waals surface area contributed by atoms with E-state index in [4.69, 9.17) is 5.11 Å². The summed E-state index contributed by atoms with van der Waals surface area (Å²) in [7, 11) is 0. The Morgan fingerprint density at radius 3 is 2.35 bits per heavy atom. The molecule has 1 aromatic carbocycles. The van der Waals surface area contributed by atoms with Gasteiger partial charge in [-0.25, -0.2) is 0 Å². The number of hydrogen-bond acceptors (Lipinski definition) is 3. The number of nitrogens with zero attached hydrogens (tertiary/aromatic N) is 1. The maximum absolute atomic E-state index is 11.0. The van der Waals surface area contributed by atoms with Crippen LogP contribution in [0.5, 0.6) is 0 Å². The molecule has 0 radical (unpaired) electrons. The molecule has 1 saturated heterocycles. The van der Waals surface area contributed by atoms with Crippen molar-refractivity contribution >= 4 is 17.6 Å². The van der Waals surface area contributed by atoms with Crippen LogP contribution in [0.25, 0.3) is 0 Å². The van der Waals surface area contributed by atoms with Gasteiger partial charge in [-0.1, -0.05) is 12.1 Å². The molecule has 1 aliphatic heterocycles. The van der Waals surface area contributed by atoms with Gasteiger partial charge in [0, 0.05) is 31.7 Å². The normalized spacial score (nSPS) is 15.9. The molecule has 0 aliphatic carbocycles. The topological polar surface area (TPSA) is 69.6 Å². The van der Waals surface area contributed by atoms with Gasteiger partial charge in [0.15, 0.2) is 0 Å². The fraction of sp³-hybridized carbons (Fsp3) is 0.467. The monoisotopic (exact) mass is 276 g/mol. The van der Waals surface area contributed by atoms with Crippen molar-refractivity contribution in [3.05, 3.63) is 29.8 Å². The second kappa shape index (κ2) is 6.41. The maximum atomic E-state index is 11.0. The minimum absolute atomic E-state index is 0.0291. The van der Waals surface area contributed by atoms with Crippen LogP contribution in [0.3, 0.4) is 0 Å². The van der Waals surface area contributed by atoms with Crippen LogP contribution in [0.2, 0.25) is 0 Å². The first-order valence-electron chi connectivity index (χ1n) is 6.87. The van der Waals surface area contributed by atoms with Crippen molar-refractivity contribution in [1.82, 2.24) is 5.32 Å². The van der Waals surface area contributed by atoms with E-state index in [0.29, 0.717) is 0 Å². The third kappa shape index (κ3) is 3.98. The molecule has 5 nitrogen and oxygen atoms in total. The smallest absolute Gasteiger partial charge is 0.307 e. The number of benzene rings is 1. The fourth-order valence-corrected chi connectivity index (χ4v) is 2.57. The highest BCUT2D eigenvalue weighted by molar-refractivity contribution is 5.73. The highest BCUT2D eigenvalue weighted by Gasteiger charge is 2.19. The number of rotatable bonds is 4. The van der Waals surface area contributed by atoms with Crippen LogP contribution >= 0.6 is 0 Å². The van der Waals surface area contributed by atoms with E-state index in [2.05, 4.69) is 10.2 Å². The molecule has 1 amide bonds. The van der Waals surface area contributed by atoms with E-state index in [1.54, 1.807) is 6.92 Å². The van der Waals surface area contributed by atoms with E-state index in [1.165, 1.54) is 0 Å². The van der Waals surface area contributed by atoms with Gasteiger partial charge in [0.25, 0.3) is 0 Å². The first-order chi connectivity index (χ1) is 9.54. The first kappa shape index (κ1) is 14.4. The molecule has 0 atom stereocenters. The summed E-state index contributed by atoms with van der Waals surface area (Å²) in [5.41, 5.74) is 1.93. The van der Waals surface area contributed by atoms with Gasteiger partial charge < -0.3 is 15.3 Å². The summed E-state index contributed by atoms with van der Waals surface area (Å²) in [6.45, 7) is 3.36. The zero-order valence-corrected chi connectivity index (χ0v) is 11.6. The van der Waals surface area contributed by atoms with Crippen molar-refractivity contribution in [3.63, 3.8) is 0 Å². The van der Waals surface area contributed by atoms with Gasteiger partial charge in [-0.15, -0.1) is 0 Å². The summed E-state index contributed by atoms with van der Waals surface area (Å²) in [6.07, 6.45) is 1.94. The Morgan fingerprint density at radius 1 is 1.25 bits per heavy atom. The predicted octanol–water partition coefficient (Wildman–Crippen LogP) is 1.42. The molecule has 0 bridgehead atoms. The molecule has 1 fully saturated rings. The second-order valence-electron chi connectivity index (χ2n) is 5.20. The summed E-state index contributed by atoms with van der Waals surface area (Å²) < 4.78 is 0. The average molecular weight is 276 g/mol. The first-order valence-corrected chi connectivity index (χ1v) is 6.87. The minimum atomic E-state index is -0.811. The van der Waals surface area contributed by atoms with Crippen molar-refractivity contribution in [2.75, 3.05) is 18.0 Å². The molecule has 1 aliphatic rings. The number of amides is 1. The third-order valence-corrected chi connectivity index (χ3v) is 3.56. The number of carboxylic acid groups (broad SMARTS) is 1. The number of anilines is 1. The molecule has 108 valence electrons. The van der Waals surface area contributed by atoms with Crippen molar-refractivity contribution in [1.29, 1.82) is 0 Å². The summed E-state index contributed by atoms with van der Waals surface area (Å²) in [5, 5.41) is 11.7. The Hall–Kier alpha value is -2.04. The molecule has 20 heavy (non-hydrogen) atoms. The summed E-state index contributed by atoms with van der Waals surface area (Å²) in [5.74, 6) is -0.782. The molecular weight excluding hydrogens is 256 g/mol. The van der Waals surface area contributed by atoms with Crippen molar-refractivity contribution in [2.24, 2.45) is 0 Å². The van der Waals surface area contributed by atoms with Gasteiger partial charge in [0.05, 0.1) is 6.42 Å². The van der Waals surface area contributed by atoms with E-state index in [1.807, 2.05) is 24.3 Å². The van der Waals surface area contributed by atoms with Gasteiger partial charge in [0.1, 0.15) is 0 Å². The van der Waals surface area contributed by atoms with Gasteiger partial charge >= 0.3 is 5.97 Å². The Balaban J connectivity index is 1.90. The standard InChI is InChI=1S/C15H20N2O3/c1-11(18)16-13-6-8-17(9-7-13)14-4-2-12(3-5-14)10-15(19)20/h2-5,13H,6-10H2,1H3,(H,16,18)(H,19,20). The van der Waals surface area contributed by atoms with Gasteiger partial charge in [-0.3, -0.25) is 9.59 Å². The number of carbonyl (C=O) groups is 2. The Kier molecular flexibility index (Phi) is 4.61. The second-order valence-corrected chi connectivity index (χ2v) is 5.20. The number of piperidine rings is 1. The quantitative estimate of drug-likeness (QED) is 0.872. The van der Waals surface area contributed by atoms with E-state index in [0.717, 1.165) is 37.2 Å². The molecule has 0 unspecified atom stereocenters. The number of carbonyl (C=O) groups excluding carboxylic acids is 1. The largest absolute Gasteiger partial charge is 0.481 e. The Bertz CT molecular complexity index is 476. The van der Waals surface area contributed by atoms with Gasteiger partial charge in [0.2, 0.25) is 5.91 Å². The molecule has 1 aromatic rings. The van der Waals surface area contributed by atoms with E-state index >= 15 is 0 Å². The maximum Gasteiger partial charge on any atom is 0.307 e. The van der Waals surface area contributed by atoms with Gasteiger partial charge in [-0.2, -0.15) is 0 Å². The molecule has 2 rings (SSSR count). The van der Waals surface area contributed by atoms with E-state index in [-0.39, 0.29) is 18.4 Å². The minimum Gasteiger partial charge on any atom is -0.481 e. The third-order valence-electron chi connectivity index (χ3n) is 3.56. The highest BCUT2D eigenvalue weighted by atomic mass is 16.4. The summed E-state index contributed by atoms with van der Waals surface area (Å²) in [6, 6.07) is 7.94. The molecular formula is C15H20N2O3. The number of aliphatic carboxylic acids is 1. The van der Waals surface area contributed by atoms with Crippen molar-refractivity contribution in [2.45, 2.75) is 32.2 Å². The van der Waals surface area contributed by atoms with Crippen LogP contribution in [-0.4, -0.2) is 36.1 Å². The number of carboxylic acids is 1. The summed E-state index contributed by atoms with van der Waals surface area (Å²) in [4.78, 5) is 23.9. The van der Waals surface area contributed by atoms with E-state index in [9.17, 15) is 9.59 Å². The van der Waals surface area contributed by atoms with Crippen molar-refractivity contribution < 1.29 is 14.7 Å². The van der Waals surface area contributed by atoms with Crippen molar-refractivity contribution in [3.8, 4) is 0 Å². The lowest BCUT2D eigenvalue weighted by atomic mass is 10.0. The predicted molar refractivity (Wildman–Crippen MR) is 76.8 cm³/mol. The molecule has 5 heteroatoms. The van der Waals surface area contributed by atoms with Crippen LogP contribution < -0.4 is 10.2 Å². The Labute approximate surface area is 118 Å². The van der Waals surface area contributed by atoms with E-state index < -0.39 is 5.97 Å². The molecule has 0 aromatic heterocycles. The Morgan fingerprint density at radius 2 is 1.85 bits per heavy atom. The lowest BCUT2D eigenvalue weighted by Gasteiger charge is -2.33. The SMILES string of the molecule is CC(=O)NC1CCN(c2ccc(CC(=O)O)cc2)CC1. The summed E-state index contributed by atoms with van der Waals surface area (Å²) >= 11 is 0. The fourth-order valence-electron chi connectivity index (χ4n) is 2.57. The molecule has 2 N–H and O–H groups in total. The number of hydrogen-bond donors (Lipinski definition) is 2. The zero-order chi connectivity index (χ0) is 14.5. The van der Waals surface area contributed by atoms with Crippen LogP contribution in [0, 0.1) is 0 Å². The van der Waals surface area contributed by atoms with Crippen LogP contribution in [-0.2, 0) is 16.0 Å². The van der Waals surface area contributed by atoms with Gasteiger partial charge in [-0.05, 0) is 30.5 Å². The molecule has 1 heterocycles. The lowest BCUT2D eigenvalue weighted by Crippen LogP contribution is -2.44. The highest BCUT2D eigenvalue weighted by Crippen LogP contribution is 2.20. The zero-order valence-electron chi connectivity index (χ0n) is 11.6.